The molecule has 3 atom stereocenters. The van der Waals surface area contributed by atoms with Gasteiger partial charge in [0.15, 0.2) is 6.54 Å². The van der Waals surface area contributed by atoms with Crippen molar-refractivity contribution in [2.24, 2.45) is 5.92 Å². The number of amides is 1. The van der Waals surface area contributed by atoms with Crippen LogP contribution in [0.2, 0.25) is 0 Å². The van der Waals surface area contributed by atoms with Gasteiger partial charge in [0, 0.05) is 6.04 Å². The molecule has 3 rings (SSSR count). The van der Waals surface area contributed by atoms with Gasteiger partial charge in [-0.25, -0.2) is 4.98 Å². The Balaban J connectivity index is 1.52. The number of aromatic nitrogens is 1. The fourth-order valence-corrected chi connectivity index (χ4v) is 4.46. The summed E-state index contributed by atoms with van der Waals surface area (Å²) in [5.41, 5.74) is 1.06. The molecule has 1 aromatic carbocycles. The largest absolute Gasteiger partial charge is 0.348 e. The Labute approximate surface area is 141 Å². The highest BCUT2D eigenvalue weighted by Crippen LogP contribution is 2.23. The topological polar surface area (TPSA) is 46.4 Å². The maximum atomic E-state index is 12.3. The number of carbonyl (C=O) groups excluding carboxylic acids is 1. The second kappa shape index (κ2) is 7.41. The molecule has 0 radical (unpaired) electrons. The lowest BCUT2D eigenvalue weighted by Gasteiger charge is -2.29. The molecule has 5 heteroatoms. The number of hydrogen-bond donors (Lipinski definition) is 2. The molecule has 1 saturated carbocycles. The molecule has 124 valence electrons. The van der Waals surface area contributed by atoms with E-state index in [4.69, 9.17) is 0 Å². The zero-order chi connectivity index (χ0) is 16.2. The van der Waals surface area contributed by atoms with E-state index in [1.807, 2.05) is 18.2 Å². The van der Waals surface area contributed by atoms with Crippen molar-refractivity contribution < 1.29 is 9.69 Å². The second-order valence-electron chi connectivity index (χ2n) is 6.82. The van der Waals surface area contributed by atoms with Crippen LogP contribution < -0.4 is 10.2 Å². The average Bonchev–Trinajstić information content (AvgIpc) is 2.91. The Bertz CT molecular complexity index is 636. The molecule has 1 aliphatic carbocycles. The quantitative estimate of drug-likeness (QED) is 0.880. The first-order valence-corrected chi connectivity index (χ1v) is 9.38. The van der Waals surface area contributed by atoms with E-state index in [-0.39, 0.29) is 5.91 Å². The summed E-state index contributed by atoms with van der Waals surface area (Å²) in [6, 6.07) is 8.57. The highest BCUT2D eigenvalue weighted by molar-refractivity contribution is 7.18. The molecular weight excluding hydrogens is 306 g/mol. The van der Waals surface area contributed by atoms with Crippen LogP contribution in [0, 0.1) is 5.92 Å². The normalized spacial score (nSPS) is 22.9. The number of nitrogens with zero attached hydrogens (tertiary/aromatic N) is 1. The number of nitrogens with one attached hydrogen (secondary N) is 2. The fraction of sp³-hybridized carbons (Fsp3) is 0.556. The van der Waals surface area contributed by atoms with Gasteiger partial charge in [0.25, 0.3) is 5.91 Å². The van der Waals surface area contributed by atoms with Gasteiger partial charge in [-0.15, -0.1) is 11.3 Å². The van der Waals surface area contributed by atoms with Crippen LogP contribution in [0.15, 0.2) is 24.3 Å². The van der Waals surface area contributed by atoms with Crippen molar-refractivity contribution in [1.29, 1.82) is 0 Å². The zero-order valence-corrected chi connectivity index (χ0v) is 14.8. The summed E-state index contributed by atoms with van der Waals surface area (Å²) in [7, 11) is 2.07. The summed E-state index contributed by atoms with van der Waals surface area (Å²) in [6.45, 7) is 3.56. The third-order valence-corrected chi connectivity index (χ3v) is 5.75. The van der Waals surface area contributed by atoms with E-state index in [0.717, 1.165) is 23.5 Å². The van der Waals surface area contributed by atoms with Gasteiger partial charge in [0.1, 0.15) is 11.6 Å². The van der Waals surface area contributed by atoms with Crippen molar-refractivity contribution in [3.8, 4) is 0 Å². The standard InChI is InChI=1S/C18H25N3OS/c1-13-7-3-4-8-14(13)19-17(22)11-21(2)12-18-20-15-9-5-6-10-16(15)23-18/h5-6,9-10,13-14H,3-4,7-8,11-12H2,1-2H3,(H,19,22)/p+1/t13-,14+/m0/s1. The first kappa shape index (κ1) is 16.4. The predicted molar refractivity (Wildman–Crippen MR) is 94.6 cm³/mol. The molecule has 0 aliphatic heterocycles. The molecule has 0 spiro atoms. The summed E-state index contributed by atoms with van der Waals surface area (Å²) < 4.78 is 1.22. The average molecular weight is 332 g/mol. The number of likely N-dealkylation sites (N-methyl/N-ethyl adjacent to an activating group) is 1. The van der Waals surface area contributed by atoms with Crippen LogP contribution in [0.4, 0.5) is 0 Å². The minimum Gasteiger partial charge on any atom is -0.348 e. The molecule has 2 aromatic rings. The molecule has 1 heterocycles. The summed E-state index contributed by atoms with van der Waals surface area (Å²) >= 11 is 1.73. The van der Waals surface area contributed by atoms with Crippen molar-refractivity contribution in [3.63, 3.8) is 0 Å². The van der Waals surface area contributed by atoms with E-state index in [0.29, 0.717) is 18.5 Å². The Hall–Kier alpha value is -1.46. The van der Waals surface area contributed by atoms with E-state index in [2.05, 4.69) is 30.3 Å². The first-order chi connectivity index (χ1) is 11.1. The number of para-hydroxylation sites is 1. The van der Waals surface area contributed by atoms with E-state index >= 15 is 0 Å². The lowest BCUT2D eigenvalue weighted by molar-refractivity contribution is -0.885. The van der Waals surface area contributed by atoms with Crippen LogP contribution in [-0.4, -0.2) is 30.5 Å². The fourth-order valence-electron chi connectivity index (χ4n) is 3.38. The van der Waals surface area contributed by atoms with E-state index in [1.54, 1.807) is 11.3 Å². The molecular formula is C18H26N3OS+. The van der Waals surface area contributed by atoms with Crippen LogP contribution >= 0.6 is 11.3 Å². The van der Waals surface area contributed by atoms with Crippen LogP contribution in [0.25, 0.3) is 10.2 Å². The molecule has 1 aliphatic rings. The Kier molecular flexibility index (Phi) is 5.28. The molecule has 1 amide bonds. The van der Waals surface area contributed by atoms with Crippen LogP contribution in [-0.2, 0) is 11.3 Å². The number of quaternary nitrogens is 1. The summed E-state index contributed by atoms with van der Waals surface area (Å²) in [4.78, 5) is 18.1. The molecule has 1 fully saturated rings. The van der Waals surface area contributed by atoms with Gasteiger partial charge in [0.2, 0.25) is 0 Å². The summed E-state index contributed by atoms with van der Waals surface area (Å²) in [6.07, 6.45) is 4.91. The molecule has 23 heavy (non-hydrogen) atoms. The van der Waals surface area contributed by atoms with Crippen LogP contribution in [0.3, 0.4) is 0 Å². The van der Waals surface area contributed by atoms with Crippen molar-refractivity contribution in [2.45, 2.75) is 45.2 Å². The van der Waals surface area contributed by atoms with Gasteiger partial charge < -0.3 is 10.2 Å². The molecule has 2 N–H and O–H groups in total. The summed E-state index contributed by atoms with van der Waals surface area (Å²) in [5, 5.41) is 4.33. The number of fused-ring (bicyclic) bond motifs is 1. The lowest BCUT2D eigenvalue weighted by atomic mass is 9.86. The Morgan fingerprint density at radius 2 is 2.13 bits per heavy atom. The molecule has 4 nitrogen and oxygen atoms in total. The van der Waals surface area contributed by atoms with E-state index in [1.165, 1.54) is 28.9 Å². The first-order valence-electron chi connectivity index (χ1n) is 8.57. The van der Waals surface area contributed by atoms with Crippen molar-refractivity contribution in [3.05, 3.63) is 29.3 Å². The maximum absolute atomic E-state index is 12.3. The van der Waals surface area contributed by atoms with Crippen molar-refractivity contribution >= 4 is 27.5 Å². The number of rotatable bonds is 5. The third-order valence-electron chi connectivity index (χ3n) is 4.71. The molecule has 0 bridgehead atoms. The van der Waals surface area contributed by atoms with Crippen LogP contribution in [0.5, 0.6) is 0 Å². The highest BCUT2D eigenvalue weighted by atomic mass is 32.1. The van der Waals surface area contributed by atoms with Crippen LogP contribution in [0.1, 0.15) is 37.6 Å². The Morgan fingerprint density at radius 3 is 2.91 bits per heavy atom. The minimum atomic E-state index is 0.169. The molecule has 1 aromatic heterocycles. The maximum Gasteiger partial charge on any atom is 0.275 e. The van der Waals surface area contributed by atoms with Gasteiger partial charge in [-0.05, 0) is 30.9 Å². The highest BCUT2D eigenvalue weighted by Gasteiger charge is 2.24. The number of thiazole rings is 1. The molecule has 1 unspecified atom stereocenters. The predicted octanol–water partition coefficient (Wildman–Crippen LogP) is 2.01. The summed E-state index contributed by atoms with van der Waals surface area (Å²) in [5.74, 6) is 0.777. The lowest BCUT2D eigenvalue weighted by Crippen LogP contribution is -3.09. The number of carbonyl (C=O) groups is 1. The van der Waals surface area contributed by atoms with Gasteiger partial charge in [0.05, 0.1) is 17.3 Å². The van der Waals surface area contributed by atoms with Gasteiger partial charge >= 0.3 is 0 Å². The SMILES string of the molecule is C[C@H]1CCCC[C@H]1NC(=O)C[NH+](C)Cc1nc2ccccc2s1. The smallest absolute Gasteiger partial charge is 0.275 e. The zero-order valence-electron chi connectivity index (χ0n) is 14.0. The van der Waals surface area contributed by atoms with Crippen molar-refractivity contribution in [2.75, 3.05) is 13.6 Å². The monoisotopic (exact) mass is 332 g/mol. The Morgan fingerprint density at radius 1 is 1.35 bits per heavy atom. The van der Waals surface area contributed by atoms with Gasteiger partial charge in [-0.1, -0.05) is 31.9 Å². The number of hydrogen-bond acceptors (Lipinski definition) is 3. The molecule has 0 saturated heterocycles. The van der Waals surface area contributed by atoms with E-state index < -0.39 is 0 Å². The third kappa shape index (κ3) is 4.30. The van der Waals surface area contributed by atoms with Gasteiger partial charge in [-0.3, -0.25) is 4.79 Å². The number of benzene rings is 1. The second-order valence-corrected chi connectivity index (χ2v) is 7.94. The van der Waals surface area contributed by atoms with Gasteiger partial charge in [-0.2, -0.15) is 0 Å². The van der Waals surface area contributed by atoms with Crippen molar-refractivity contribution in [1.82, 2.24) is 10.3 Å². The minimum absolute atomic E-state index is 0.169. The van der Waals surface area contributed by atoms with E-state index in [9.17, 15) is 4.79 Å².